The number of carbonyl (C=O) groups excluding carboxylic acids is 1. The summed E-state index contributed by atoms with van der Waals surface area (Å²) in [4.78, 5) is 11.8. The molecule has 0 spiro atoms. The summed E-state index contributed by atoms with van der Waals surface area (Å²) in [5.74, 6) is 1.75. The second kappa shape index (κ2) is 10.3. The molecule has 3 aromatic rings. The van der Waals surface area contributed by atoms with Gasteiger partial charge in [0.2, 0.25) is 5.91 Å². The molecule has 3 aromatic carbocycles. The summed E-state index contributed by atoms with van der Waals surface area (Å²) in [6, 6.07) is 26.3. The summed E-state index contributed by atoms with van der Waals surface area (Å²) in [5, 5.41) is 6.36. The molecule has 0 bridgehead atoms. The number of hydrogen-bond donors (Lipinski definition) is 2. The standard InChI is InChI=1S/C25H28N2O2/c1-19(2)27-25(28)16-13-20-11-14-22(15-12-20)26-18-21-7-6-10-24(17-21)29-23-8-4-3-5-9-23/h3-12,14-15,17,19,26H,13,16,18H2,1-2H3,(H,27,28). The van der Waals surface area contributed by atoms with Crippen LogP contribution in [0.3, 0.4) is 0 Å². The van der Waals surface area contributed by atoms with Gasteiger partial charge in [-0.2, -0.15) is 0 Å². The zero-order chi connectivity index (χ0) is 20.5. The third-order valence-corrected chi connectivity index (χ3v) is 4.42. The van der Waals surface area contributed by atoms with E-state index in [1.54, 1.807) is 0 Å². The third-order valence-electron chi connectivity index (χ3n) is 4.42. The SMILES string of the molecule is CC(C)NC(=O)CCc1ccc(NCc2cccc(Oc3ccccc3)c2)cc1. The van der Waals surface area contributed by atoms with Crippen LogP contribution < -0.4 is 15.4 Å². The van der Waals surface area contributed by atoms with Gasteiger partial charge in [0.05, 0.1) is 0 Å². The lowest BCUT2D eigenvalue weighted by Crippen LogP contribution is -2.30. The van der Waals surface area contributed by atoms with Crippen molar-refractivity contribution in [2.24, 2.45) is 0 Å². The molecule has 150 valence electrons. The van der Waals surface area contributed by atoms with Crippen LogP contribution in [0.4, 0.5) is 5.69 Å². The molecule has 0 heterocycles. The molecular formula is C25H28N2O2. The first-order valence-electron chi connectivity index (χ1n) is 10.0. The lowest BCUT2D eigenvalue weighted by Gasteiger charge is -2.11. The van der Waals surface area contributed by atoms with Crippen molar-refractivity contribution in [1.82, 2.24) is 5.32 Å². The van der Waals surface area contributed by atoms with Crippen molar-refractivity contribution in [1.29, 1.82) is 0 Å². The predicted octanol–water partition coefficient (Wildman–Crippen LogP) is 5.55. The summed E-state index contributed by atoms with van der Waals surface area (Å²) in [5.41, 5.74) is 3.36. The van der Waals surface area contributed by atoms with Gasteiger partial charge in [0, 0.05) is 24.7 Å². The van der Waals surface area contributed by atoms with E-state index < -0.39 is 0 Å². The first-order valence-corrected chi connectivity index (χ1v) is 10.0. The zero-order valence-corrected chi connectivity index (χ0v) is 17.0. The van der Waals surface area contributed by atoms with E-state index in [-0.39, 0.29) is 11.9 Å². The van der Waals surface area contributed by atoms with Gasteiger partial charge in [-0.25, -0.2) is 0 Å². The predicted molar refractivity (Wildman–Crippen MR) is 118 cm³/mol. The number of para-hydroxylation sites is 1. The van der Waals surface area contributed by atoms with Gasteiger partial charge < -0.3 is 15.4 Å². The number of ether oxygens (including phenoxy) is 1. The van der Waals surface area contributed by atoms with Crippen LogP contribution in [0.1, 0.15) is 31.4 Å². The van der Waals surface area contributed by atoms with Crippen LogP contribution in [0.15, 0.2) is 78.9 Å². The fraction of sp³-hybridized carbons (Fsp3) is 0.240. The van der Waals surface area contributed by atoms with Crippen molar-refractivity contribution in [3.8, 4) is 11.5 Å². The van der Waals surface area contributed by atoms with Crippen LogP contribution in [0.5, 0.6) is 11.5 Å². The van der Waals surface area contributed by atoms with Crippen LogP contribution in [0.2, 0.25) is 0 Å². The minimum absolute atomic E-state index is 0.0970. The maximum absolute atomic E-state index is 11.8. The van der Waals surface area contributed by atoms with Gasteiger partial charge in [0.1, 0.15) is 11.5 Å². The molecule has 3 rings (SSSR count). The Morgan fingerprint density at radius 2 is 1.59 bits per heavy atom. The largest absolute Gasteiger partial charge is 0.457 e. The average Bonchev–Trinajstić information content (AvgIpc) is 2.72. The van der Waals surface area contributed by atoms with Crippen molar-refractivity contribution in [3.05, 3.63) is 90.0 Å². The highest BCUT2D eigenvalue weighted by atomic mass is 16.5. The lowest BCUT2D eigenvalue weighted by atomic mass is 10.1. The van der Waals surface area contributed by atoms with Crippen LogP contribution in [0, 0.1) is 0 Å². The summed E-state index contributed by atoms with van der Waals surface area (Å²) < 4.78 is 5.90. The highest BCUT2D eigenvalue weighted by molar-refractivity contribution is 5.76. The molecule has 0 fully saturated rings. The zero-order valence-electron chi connectivity index (χ0n) is 17.0. The van der Waals surface area contributed by atoms with Gasteiger partial charge in [-0.1, -0.05) is 42.5 Å². The second-order valence-electron chi connectivity index (χ2n) is 7.34. The monoisotopic (exact) mass is 388 g/mol. The van der Waals surface area contributed by atoms with Crippen LogP contribution >= 0.6 is 0 Å². The van der Waals surface area contributed by atoms with Gasteiger partial charge >= 0.3 is 0 Å². The molecule has 29 heavy (non-hydrogen) atoms. The van der Waals surface area contributed by atoms with E-state index in [9.17, 15) is 4.79 Å². The smallest absolute Gasteiger partial charge is 0.220 e. The highest BCUT2D eigenvalue weighted by Gasteiger charge is 2.04. The molecule has 0 unspecified atom stereocenters. The minimum Gasteiger partial charge on any atom is -0.457 e. The van der Waals surface area contributed by atoms with Crippen LogP contribution in [0.25, 0.3) is 0 Å². The summed E-state index contributed by atoms with van der Waals surface area (Å²) in [6.45, 7) is 4.66. The number of anilines is 1. The Morgan fingerprint density at radius 1 is 0.862 bits per heavy atom. The quantitative estimate of drug-likeness (QED) is 0.505. The molecule has 0 saturated carbocycles. The molecule has 2 N–H and O–H groups in total. The first-order chi connectivity index (χ1) is 14.1. The van der Waals surface area contributed by atoms with E-state index in [0.717, 1.165) is 34.7 Å². The van der Waals surface area contributed by atoms with E-state index in [2.05, 4.69) is 41.0 Å². The number of amides is 1. The van der Waals surface area contributed by atoms with E-state index in [4.69, 9.17) is 4.74 Å². The summed E-state index contributed by atoms with van der Waals surface area (Å²) in [7, 11) is 0. The maximum atomic E-state index is 11.8. The Labute approximate surface area is 172 Å². The Hall–Kier alpha value is -3.27. The van der Waals surface area contributed by atoms with Crippen LogP contribution in [-0.4, -0.2) is 11.9 Å². The van der Waals surface area contributed by atoms with Crippen molar-refractivity contribution >= 4 is 11.6 Å². The molecule has 0 aliphatic rings. The molecule has 1 amide bonds. The number of rotatable bonds is 9. The van der Waals surface area contributed by atoms with Crippen LogP contribution in [-0.2, 0) is 17.8 Å². The minimum atomic E-state index is 0.0970. The van der Waals surface area contributed by atoms with E-state index in [0.29, 0.717) is 13.0 Å². The fourth-order valence-electron chi connectivity index (χ4n) is 2.99. The Kier molecular flexibility index (Phi) is 7.28. The number of hydrogen-bond acceptors (Lipinski definition) is 3. The Bertz CT molecular complexity index is 906. The number of aryl methyl sites for hydroxylation is 1. The maximum Gasteiger partial charge on any atom is 0.220 e. The fourth-order valence-corrected chi connectivity index (χ4v) is 2.99. The van der Waals surface area contributed by atoms with Crippen molar-refractivity contribution in [3.63, 3.8) is 0 Å². The van der Waals surface area contributed by atoms with E-state index in [1.165, 1.54) is 0 Å². The van der Waals surface area contributed by atoms with E-state index >= 15 is 0 Å². The summed E-state index contributed by atoms with van der Waals surface area (Å²) >= 11 is 0. The molecule has 0 saturated heterocycles. The normalized spacial score (nSPS) is 10.6. The van der Waals surface area contributed by atoms with Crippen molar-refractivity contribution < 1.29 is 9.53 Å². The molecule has 0 aliphatic carbocycles. The van der Waals surface area contributed by atoms with Gasteiger partial charge in [-0.05, 0) is 67.8 Å². The lowest BCUT2D eigenvalue weighted by molar-refractivity contribution is -0.121. The topological polar surface area (TPSA) is 50.4 Å². The molecule has 0 aromatic heterocycles. The Balaban J connectivity index is 1.50. The summed E-state index contributed by atoms with van der Waals surface area (Å²) in [6.07, 6.45) is 1.26. The molecular weight excluding hydrogens is 360 g/mol. The number of nitrogens with one attached hydrogen (secondary N) is 2. The Morgan fingerprint density at radius 3 is 2.31 bits per heavy atom. The first kappa shape index (κ1) is 20.5. The van der Waals surface area contributed by atoms with Crippen molar-refractivity contribution in [2.75, 3.05) is 5.32 Å². The number of benzene rings is 3. The van der Waals surface area contributed by atoms with Gasteiger partial charge in [0.25, 0.3) is 0 Å². The molecule has 0 atom stereocenters. The molecule has 0 radical (unpaired) electrons. The third kappa shape index (κ3) is 7.00. The van der Waals surface area contributed by atoms with Gasteiger partial charge in [-0.3, -0.25) is 4.79 Å². The molecule has 4 heteroatoms. The van der Waals surface area contributed by atoms with E-state index in [1.807, 2.05) is 62.4 Å². The van der Waals surface area contributed by atoms with Crippen molar-refractivity contribution in [2.45, 2.75) is 39.3 Å². The highest BCUT2D eigenvalue weighted by Crippen LogP contribution is 2.22. The average molecular weight is 389 g/mol. The number of carbonyl (C=O) groups is 1. The molecule has 4 nitrogen and oxygen atoms in total. The van der Waals surface area contributed by atoms with Gasteiger partial charge in [-0.15, -0.1) is 0 Å². The van der Waals surface area contributed by atoms with Gasteiger partial charge in [0.15, 0.2) is 0 Å². The molecule has 0 aliphatic heterocycles. The second-order valence-corrected chi connectivity index (χ2v) is 7.34.